The van der Waals surface area contributed by atoms with Crippen LogP contribution in [0.1, 0.15) is 5.56 Å². The molecule has 1 aromatic carbocycles. The molecule has 0 saturated carbocycles. The quantitative estimate of drug-likeness (QED) is 0.832. The van der Waals surface area contributed by atoms with Gasteiger partial charge < -0.3 is 15.0 Å². The maximum atomic E-state index is 11.1. The fourth-order valence-electron chi connectivity index (χ4n) is 1.88. The third kappa shape index (κ3) is 2.85. The van der Waals surface area contributed by atoms with E-state index in [9.17, 15) is 4.79 Å². The fourth-order valence-corrected chi connectivity index (χ4v) is 2.07. The van der Waals surface area contributed by atoms with Crippen LogP contribution in [0.25, 0.3) is 10.9 Å². The van der Waals surface area contributed by atoms with Gasteiger partial charge in [0, 0.05) is 23.6 Å². The standard InChI is InChI=1S/C13H15BrN2O2/c1-18-10-2-3-12-11(6-10)9(8-16-12)4-5-15-13(17)7-14/h2-3,6,8,16H,4-5,7H2,1H3,(H,15,17). The average Bonchev–Trinajstić information content (AvgIpc) is 2.81. The highest BCUT2D eigenvalue weighted by Gasteiger charge is 2.05. The van der Waals surface area contributed by atoms with E-state index in [0.29, 0.717) is 11.9 Å². The number of amides is 1. The molecule has 0 saturated heterocycles. The van der Waals surface area contributed by atoms with Crippen molar-refractivity contribution >= 4 is 32.7 Å². The molecule has 0 aliphatic carbocycles. The summed E-state index contributed by atoms with van der Waals surface area (Å²) in [5.74, 6) is 0.847. The van der Waals surface area contributed by atoms with Crippen LogP contribution in [0, 0.1) is 0 Å². The van der Waals surface area contributed by atoms with Gasteiger partial charge in [-0.2, -0.15) is 0 Å². The summed E-state index contributed by atoms with van der Waals surface area (Å²) in [5, 5.41) is 4.32. The van der Waals surface area contributed by atoms with Crippen LogP contribution in [0.5, 0.6) is 5.75 Å². The van der Waals surface area contributed by atoms with Crippen molar-refractivity contribution in [1.82, 2.24) is 10.3 Å². The number of carbonyl (C=O) groups excluding carboxylic acids is 1. The molecule has 2 rings (SSSR count). The molecule has 0 unspecified atom stereocenters. The van der Waals surface area contributed by atoms with Gasteiger partial charge in [-0.05, 0) is 30.2 Å². The molecule has 0 radical (unpaired) electrons. The highest BCUT2D eigenvalue weighted by atomic mass is 79.9. The maximum absolute atomic E-state index is 11.1. The second kappa shape index (κ2) is 5.91. The maximum Gasteiger partial charge on any atom is 0.230 e. The number of aromatic nitrogens is 1. The summed E-state index contributed by atoms with van der Waals surface area (Å²) in [6.07, 6.45) is 2.77. The molecular weight excluding hydrogens is 296 g/mol. The summed E-state index contributed by atoms with van der Waals surface area (Å²) in [5.41, 5.74) is 2.26. The molecule has 5 heteroatoms. The van der Waals surface area contributed by atoms with Crippen LogP contribution in [-0.4, -0.2) is 29.9 Å². The van der Waals surface area contributed by atoms with Crippen LogP contribution in [-0.2, 0) is 11.2 Å². The van der Waals surface area contributed by atoms with Gasteiger partial charge in [0.05, 0.1) is 12.4 Å². The predicted octanol–water partition coefficient (Wildman–Crippen LogP) is 2.23. The molecule has 1 amide bonds. The Hall–Kier alpha value is -1.49. The van der Waals surface area contributed by atoms with Crippen molar-refractivity contribution in [3.63, 3.8) is 0 Å². The van der Waals surface area contributed by atoms with Crippen molar-refractivity contribution in [3.05, 3.63) is 30.0 Å². The fraction of sp³-hybridized carbons (Fsp3) is 0.308. The number of halogens is 1. The Bertz CT molecular complexity index is 551. The first-order valence-corrected chi connectivity index (χ1v) is 6.83. The lowest BCUT2D eigenvalue weighted by atomic mass is 10.1. The number of aromatic amines is 1. The molecule has 4 nitrogen and oxygen atoms in total. The smallest absolute Gasteiger partial charge is 0.230 e. The molecule has 1 aromatic heterocycles. The van der Waals surface area contributed by atoms with Gasteiger partial charge in [-0.3, -0.25) is 4.79 Å². The van der Waals surface area contributed by atoms with Crippen LogP contribution >= 0.6 is 15.9 Å². The third-order valence-electron chi connectivity index (χ3n) is 2.81. The average molecular weight is 311 g/mol. The Morgan fingerprint density at radius 1 is 1.50 bits per heavy atom. The van der Waals surface area contributed by atoms with Gasteiger partial charge in [0.25, 0.3) is 0 Å². The summed E-state index contributed by atoms with van der Waals surface area (Å²) in [4.78, 5) is 14.3. The van der Waals surface area contributed by atoms with Crippen molar-refractivity contribution < 1.29 is 9.53 Å². The lowest BCUT2D eigenvalue weighted by Crippen LogP contribution is -2.26. The minimum atomic E-state index is 0.00687. The Labute approximate surface area is 114 Å². The van der Waals surface area contributed by atoms with E-state index in [1.54, 1.807) is 7.11 Å². The molecule has 0 atom stereocenters. The predicted molar refractivity (Wildman–Crippen MR) is 75.4 cm³/mol. The second-order valence-electron chi connectivity index (χ2n) is 3.96. The van der Waals surface area contributed by atoms with Crippen molar-refractivity contribution in [2.24, 2.45) is 0 Å². The number of H-pyrrole nitrogens is 1. The van der Waals surface area contributed by atoms with Gasteiger partial charge in [0.2, 0.25) is 5.91 Å². The number of fused-ring (bicyclic) bond motifs is 1. The van der Waals surface area contributed by atoms with Crippen molar-refractivity contribution in [2.75, 3.05) is 19.0 Å². The normalized spacial score (nSPS) is 10.6. The first-order chi connectivity index (χ1) is 8.74. The molecule has 0 aliphatic heterocycles. The molecule has 2 aromatic rings. The zero-order valence-electron chi connectivity index (χ0n) is 10.1. The Morgan fingerprint density at radius 3 is 3.06 bits per heavy atom. The molecule has 0 bridgehead atoms. The van der Waals surface area contributed by atoms with E-state index < -0.39 is 0 Å². The summed E-state index contributed by atoms with van der Waals surface area (Å²) >= 11 is 3.12. The zero-order chi connectivity index (χ0) is 13.0. The number of benzene rings is 1. The monoisotopic (exact) mass is 310 g/mol. The molecule has 0 fully saturated rings. The van der Waals surface area contributed by atoms with E-state index in [0.717, 1.165) is 23.1 Å². The summed E-state index contributed by atoms with van der Waals surface area (Å²) < 4.78 is 5.22. The van der Waals surface area contributed by atoms with Gasteiger partial charge >= 0.3 is 0 Å². The molecular formula is C13H15BrN2O2. The summed E-state index contributed by atoms with van der Waals surface area (Å²) in [6.45, 7) is 0.634. The van der Waals surface area contributed by atoms with Gasteiger partial charge in [0.1, 0.15) is 5.75 Å². The highest BCUT2D eigenvalue weighted by molar-refractivity contribution is 9.09. The molecule has 18 heavy (non-hydrogen) atoms. The topological polar surface area (TPSA) is 54.1 Å². The number of ether oxygens (including phenoxy) is 1. The van der Waals surface area contributed by atoms with E-state index in [4.69, 9.17) is 4.74 Å². The number of hydrogen-bond donors (Lipinski definition) is 2. The Morgan fingerprint density at radius 2 is 2.33 bits per heavy atom. The minimum absolute atomic E-state index is 0.00687. The molecule has 2 N–H and O–H groups in total. The van der Waals surface area contributed by atoms with Crippen molar-refractivity contribution in [1.29, 1.82) is 0 Å². The second-order valence-corrected chi connectivity index (χ2v) is 4.52. The van der Waals surface area contributed by atoms with Gasteiger partial charge in [-0.15, -0.1) is 0 Å². The van der Waals surface area contributed by atoms with Gasteiger partial charge in [-0.25, -0.2) is 0 Å². The van der Waals surface area contributed by atoms with E-state index in [1.165, 1.54) is 5.56 Å². The Balaban J connectivity index is 2.10. The molecule has 1 heterocycles. The number of methoxy groups -OCH3 is 1. The first kappa shape index (κ1) is 13.0. The van der Waals surface area contributed by atoms with Crippen LogP contribution in [0.3, 0.4) is 0 Å². The number of hydrogen-bond acceptors (Lipinski definition) is 2. The van der Waals surface area contributed by atoms with E-state index >= 15 is 0 Å². The Kier molecular flexibility index (Phi) is 4.25. The van der Waals surface area contributed by atoms with Crippen LogP contribution in [0.4, 0.5) is 0 Å². The number of rotatable bonds is 5. The van der Waals surface area contributed by atoms with Crippen molar-refractivity contribution in [3.8, 4) is 5.75 Å². The molecule has 0 aliphatic rings. The lowest BCUT2D eigenvalue weighted by molar-refractivity contribution is -0.118. The van der Waals surface area contributed by atoms with Crippen LogP contribution < -0.4 is 10.1 Å². The van der Waals surface area contributed by atoms with Gasteiger partial charge in [-0.1, -0.05) is 15.9 Å². The van der Waals surface area contributed by atoms with E-state index in [1.807, 2.05) is 24.4 Å². The molecule has 96 valence electrons. The summed E-state index contributed by atoms with van der Waals surface area (Å²) in [7, 11) is 1.66. The number of alkyl halides is 1. The summed E-state index contributed by atoms with van der Waals surface area (Å²) in [6, 6.07) is 5.93. The van der Waals surface area contributed by atoms with Gasteiger partial charge in [0.15, 0.2) is 0 Å². The number of carbonyl (C=O) groups is 1. The molecule has 0 spiro atoms. The van der Waals surface area contributed by atoms with Crippen LogP contribution in [0.15, 0.2) is 24.4 Å². The van der Waals surface area contributed by atoms with E-state index in [2.05, 4.69) is 26.2 Å². The largest absolute Gasteiger partial charge is 0.497 e. The SMILES string of the molecule is COc1ccc2[nH]cc(CCNC(=O)CBr)c2c1. The number of nitrogens with one attached hydrogen (secondary N) is 2. The third-order valence-corrected chi connectivity index (χ3v) is 3.32. The van der Waals surface area contributed by atoms with Crippen LogP contribution in [0.2, 0.25) is 0 Å². The first-order valence-electron chi connectivity index (χ1n) is 5.71. The van der Waals surface area contributed by atoms with Crippen molar-refractivity contribution in [2.45, 2.75) is 6.42 Å². The zero-order valence-corrected chi connectivity index (χ0v) is 11.7. The lowest BCUT2D eigenvalue weighted by Gasteiger charge is -2.03. The van der Waals surface area contributed by atoms with E-state index in [-0.39, 0.29) is 5.91 Å². The highest BCUT2D eigenvalue weighted by Crippen LogP contribution is 2.23. The minimum Gasteiger partial charge on any atom is -0.497 e.